The van der Waals surface area contributed by atoms with Gasteiger partial charge in [0.15, 0.2) is 0 Å². The Morgan fingerprint density at radius 1 is 1.37 bits per heavy atom. The Labute approximate surface area is 118 Å². The summed E-state index contributed by atoms with van der Waals surface area (Å²) in [5, 5.41) is 3.05. The summed E-state index contributed by atoms with van der Waals surface area (Å²) >= 11 is 3.28. The van der Waals surface area contributed by atoms with E-state index in [1.54, 1.807) is 6.07 Å². The van der Waals surface area contributed by atoms with Gasteiger partial charge < -0.3 is 11.1 Å². The molecule has 19 heavy (non-hydrogen) atoms. The number of nitrogens with zero attached hydrogens (tertiary/aromatic N) is 1. The maximum Gasteiger partial charge on any atom is 0.251 e. The van der Waals surface area contributed by atoms with Gasteiger partial charge in [-0.25, -0.2) is 9.37 Å². The number of nitrogens with one attached hydrogen (secondary N) is 1. The third kappa shape index (κ3) is 3.51. The number of carbonyl (C=O) groups excluding carboxylic acids is 1. The van der Waals surface area contributed by atoms with E-state index in [-0.39, 0.29) is 5.56 Å². The molecule has 98 valence electrons. The maximum atomic E-state index is 13.3. The van der Waals surface area contributed by atoms with Gasteiger partial charge in [-0.05, 0) is 46.3 Å². The number of amides is 1. The van der Waals surface area contributed by atoms with Crippen molar-refractivity contribution in [1.29, 1.82) is 0 Å². The molecular formula is C13H11BrFN3O. The summed E-state index contributed by atoms with van der Waals surface area (Å²) in [6.45, 7) is 0.462. The van der Waals surface area contributed by atoms with E-state index >= 15 is 0 Å². The highest BCUT2D eigenvalue weighted by atomic mass is 79.9. The maximum absolute atomic E-state index is 13.3. The molecule has 4 nitrogen and oxygen atoms in total. The largest absolute Gasteiger partial charge is 0.379 e. The van der Waals surface area contributed by atoms with E-state index in [0.717, 1.165) is 10.3 Å². The van der Waals surface area contributed by atoms with Crippen LogP contribution in [0.15, 0.2) is 41.0 Å². The van der Waals surface area contributed by atoms with Crippen molar-refractivity contribution in [1.82, 2.24) is 4.98 Å². The molecule has 0 saturated carbocycles. The normalized spacial score (nSPS) is 10.2. The molecule has 6 heteroatoms. The Morgan fingerprint density at radius 3 is 2.84 bits per heavy atom. The quantitative estimate of drug-likeness (QED) is 0.850. The van der Waals surface area contributed by atoms with Gasteiger partial charge in [-0.15, -0.1) is 0 Å². The molecule has 0 bridgehead atoms. The zero-order chi connectivity index (χ0) is 13.8. The first-order valence-electron chi connectivity index (χ1n) is 5.51. The zero-order valence-electron chi connectivity index (χ0n) is 9.86. The van der Waals surface area contributed by atoms with Crippen molar-refractivity contribution in [2.24, 2.45) is 5.73 Å². The standard InChI is InChI=1S/C13H11BrFN3O/c14-12-3-1-2-9(18-12)7-17-8-4-5-11(15)10(6-8)13(16)19/h1-6,17H,7H2,(H2,16,19). The average Bonchev–Trinajstić information content (AvgIpc) is 2.37. The van der Waals surface area contributed by atoms with Crippen molar-refractivity contribution in [3.8, 4) is 0 Å². The van der Waals surface area contributed by atoms with Crippen LogP contribution in [-0.2, 0) is 6.54 Å². The number of hydrogen-bond donors (Lipinski definition) is 2. The Hall–Kier alpha value is -1.95. The molecule has 0 atom stereocenters. The van der Waals surface area contributed by atoms with Gasteiger partial charge in [0.05, 0.1) is 17.8 Å². The molecule has 2 rings (SSSR count). The lowest BCUT2D eigenvalue weighted by molar-refractivity contribution is 0.0996. The van der Waals surface area contributed by atoms with E-state index < -0.39 is 11.7 Å². The summed E-state index contributed by atoms with van der Waals surface area (Å²) < 4.78 is 14.0. The fraction of sp³-hybridized carbons (Fsp3) is 0.0769. The van der Waals surface area contributed by atoms with Gasteiger partial charge in [-0.1, -0.05) is 6.07 Å². The Bertz CT molecular complexity index is 619. The number of carbonyl (C=O) groups is 1. The van der Waals surface area contributed by atoms with Crippen molar-refractivity contribution in [2.75, 3.05) is 5.32 Å². The summed E-state index contributed by atoms with van der Waals surface area (Å²) in [4.78, 5) is 15.3. The second kappa shape index (κ2) is 5.79. The van der Waals surface area contributed by atoms with Crippen LogP contribution < -0.4 is 11.1 Å². The smallest absolute Gasteiger partial charge is 0.251 e. The Kier molecular flexibility index (Phi) is 4.11. The summed E-state index contributed by atoms with van der Waals surface area (Å²) in [5.41, 5.74) is 6.38. The number of halogens is 2. The summed E-state index contributed by atoms with van der Waals surface area (Å²) in [6, 6.07) is 9.68. The Balaban J connectivity index is 2.12. The van der Waals surface area contributed by atoms with Crippen LogP contribution >= 0.6 is 15.9 Å². The lowest BCUT2D eigenvalue weighted by atomic mass is 10.1. The molecule has 3 N–H and O–H groups in total. The second-order valence-corrected chi connectivity index (χ2v) is 4.68. The molecule has 0 aliphatic rings. The van der Waals surface area contributed by atoms with E-state index in [4.69, 9.17) is 5.73 Å². The molecule has 1 aromatic heterocycles. The van der Waals surface area contributed by atoms with Crippen LogP contribution in [0.25, 0.3) is 0 Å². The van der Waals surface area contributed by atoms with Gasteiger partial charge in [0.1, 0.15) is 10.4 Å². The van der Waals surface area contributed by atoms with Gasteiger partial charge in [-0.3, -0.25) is 4.79 Å². The number of benzene rings is 1. The zero-order valence-corrected chi connectivity index (χ0v) is 11.4. The highest BCUT2D eigenvalue weighted by molar-refractivity contribution is 9.10. The van der Waals surface area contributed by atoms with Crippen molar-refractivity contribution in [2.45, 2.75) is 6.54 Å². The SMILES string of the molecule is NC(=O)c1cc(NCc2cccc(Br)n2)ccc1F. The lowest BCUT2D eigenvalue weighted by Gasteiger charge is -2.08. The predicted octanol–water partition coefficient (Wildman–Crippen LogP) is 2.69. The second-order valence-electron chi connectivity index (χ2n) is 3.86. The first-order valence-corrected chi connectivity index (χ1v) is 6.30. The number of aromatic nitrogens is 1. The van der Waals surface area contributed by atoms with Crippen molar-refractivity contribution in [3.63, 3.8) is 0 Å². The predicted molar refractivity (Wildman–Crippen MR) is 74.2 cm³/mol. The molecule has 0 unspecified atom stereocenters. The molecule has 0 fully saturated rings. The van der Waals surface area contributed by atoms with Crippen LogP contribution in [0, 0.1) is 5.82 Å². The van der Waals surface area contributed by atoms with Crippen molar-refractivity contribution in [3.05, 3.63) is 58.1 Å². The number of hydrogen-bond acceptors (Lipinski definition) is 3. The first-order chi connectivity index (χ1) is 9.06. The molecular weight excluding hydrogens is 313 g/mol. The molecule has 0 aliphatic carbocycles. The van der Waals surface area contributed by atoms with Gasteiger partial charge in [0.2, 0.25) is 0 Å². The minimum absolute atomic E-state index is 0.132. The van der Waals surface area contributed by atoms with Crippen LogP contribution in [0.4, 0.5) is 10.1 Å². The van der Waals surface area contributed by atoms with Gasteiger partial charge in [-0.2, -0.15) is 0 Å². The van der Waals surface area contributed by atoms with E-state index in [1.807, 2.05) is 18.2 Å². The number of nitrogens with two attached hydrogens (primary N) is 1. The molecule has 1 heterocycles. The molecule has 2 aromatic rings. The van der Waals surface area contributed by atoms with Gasteiger partial charge in [0.25, 0.3) is 5.91 Å². The molecule has 1 amide bonds. The van der Waals surface area contributed by atoms with Crippen molar-refractivity contribution >= 4 is 27.5 Å². The molecule has 0 radical (unpaired) electrons. The van der Waals surface area contributed by atoms with E-state index in [9.17, 15) is 9.18 Å². The van der Waals surface area contributed by atoms with E-state index in [2.05, 4.69) is 26.2 Å². The molecule has 0 spiro atoms. The average molecular weight is 324 g/mol. The van der Waals surface area contributed by atoms with Crippen LogP contribution in [-0.4, -0.2) is 10.9 Å². The number of rotatable bonds is 4. The van der Waals surface area contributed by atoms with Gasteiger partial charge >= 0.3 is 0 Å². The minimum atomic E-state index is -0.790. The van der Waals surface area contributed by atoms with Crippen molar-refractivity contribution < 1.29 is 9.18 Å². The van der Waals surface area contributed by atoms with Crippen LogP contribution in [0.3, 0.4) is 0 Å². The molecule has 0 saturated heterocycles. The fourth-order valence-corrected chi connectivity index (χ4v) is 1.95. The highest BCUT2D eigenvalue weighted by Crippen LogP contribution is 2.15. The topological polar surface area (TPSA) is 68.0 Å². The lowest BCUT2D eigenvalue weighted by Crippen LogP contribution is -2.13. The summed E-state index contributed by atoms with van der Waals surface area (Å²) in [5.74, 6) is -1.42. The summed E-state index contributed by atoms with van der Waals surface area (Å²) in [6.07, 6.45) is 0. The molecule has 1 aromatic carbocycles. The van der Waals surface area contributed by atoms with Gasteiger partial charge in [0, 0.05) is 5.69 Å². The van der Waals surface area contributed by atoms with E-state index in [0.29, 0.717) is 12.2 Å². The Morgan fingerprint density at radius 2 is 2.16 bits per heavy atom. The van der Waals surface area contributed by atoms with Crippen LogP contribution in [0.5, 0.6) is 0 Å². The minimum Gasteiger partial charge on any atom is -0.379 e. The molecule has 0 aliphatic heterocycles. The van der Waals surface area contributed by atoms with Crippen LogP contribution in [0.2, 0.25) is 0 Å². The number of anilines is 1. The monoisotopic (exact) mass is 323 g/mol. The van der Waals surface area contributed by atoms with E-state index in [1.165, 1.54) is 12.1 Å². The highest BCUT2D eigenvalue weighted by Gasteiger charge is 2.08. The summed E-state index contributed by atoms with van der Waals surface area (Å²) in [7, 11) is 0. The van der Waals surface area contributed by atoms with Crippen LogP contribution in [0.1, 0.15) is 16.1 Å². The third-order valence-electron chi connectivity index (χ3n) is 2.48. The first kappa shape index (κ1) is 13.5. The number of primary amides is 1. The third-order valence-corrected chi connectivity index (χ3v) is 2.92. The number of pyridine rings is 1. The fourth-order valence-electron chi connectivity index (χ4n) is 1.57.